The van der Waals surface area contributed by atoms with E-state index in [-0.39, 0.29) is 10.5 Å². The van der Waals surface area contributed by atoms with E-state index in [9.17, 15) is 19.9 Å². The maximum atomic E-state index is 13.0. The van der Waals surface area contributed by atoms with Crippen LogP contribution in [0.4, 0.5) is 0 Å². The Balaban J connectivity index is 1.86. The van der Waals surface area contributed by atoms with Gasteiger partial charge < -0.3 is 34.6 Å². The Labute approximate surface area is 214 Å². The van der Waals surface area contributed by atoms with E-state index >= 15 is 0 Å². The highest BCUT2D eigenvalue weighted by Gasteiger charge is 2.33. The third-order valence-corrected chi connectivity index (χ3v) is 5.89. The SMILES string of the molecule is COc1ccccc1C(c1ccccc1OC)[C@H](C)OC(=O)[C@H](C)NC(=O)c1c(O)c(OC)cc[n+]1[O-]. The number of aromatic nitrogens is 1. The average molecular weight is 511 g/mol. The van der Waals surface area contributed by atoms with Gasteiger partial charge in [-0.25, -0.2) is 4.79 Å². The van der Waals surface area contributed by atoms with E-state index in [1.54, 1.807) is 21.1 Å². The molecule has 0 radical (unpaired) electrons. The lowest BCUT2D eigenvalue weighted by molar-refractivity contribution is -0.608. The Hall–Kier alpha value is -4.47. The minimum atomic E-state index is -1.14. The Morgan fingerprint density at radius 3 is 1.89 bits per heavy atom. The first-order valence-corrected chi connectivity index (χ1v) is 11.5. The summed E-state index contributed by atoms with van der Waals surface area (Å²) in [7, 11) is 4.40. The highest BCUT2D eigenvalue weighted by atomic mass is 16.5. The van der Waals surface area contributed by atoms with Gasteiger partial charge in [-0.2, -0.15) is 4.73 Å². The summed E-state index contributed by atoms with van der Waals surface area (Å²) in [6.07, 6.45) is 0.304. The molecule has 10 nitrogen and oxygen atoms in total. The third kappa shape index (κ3) is 5.85. The largest absolute Gasteiger partial charge is 0.618 e. The van der Waals surface area contributed by atoms with Crippen molar-refractivity contribution in [1.82, 2.24) is 5.32 Å². The Bertz CT molecular complexity index is 1220. The Morgan fingerprint density at radius 2 is 1.38 bits per heavy atom. The normalized spacial score (nSPS) is 12.4. The number of amides is 1. The number of benzene rings is 2. The fourth-order valence-corrected chi connectivity index (χ4v) is 4.08. The second kappa shape index (κ2) is 12.0. The number of hydrogen-bond acceptors (Lipinski definition) is 8. The summed E-state index contributed by atoms with van der Waals surface area (Å²) in [6, 6.07) is 14.9. The number of nitrogens with one attached hydrogen (secondary N) is 1. The lowest BCUT2D eigenvalue weighted by atomic mass is 9.86. The summed E-state index contributed by atoms with van der Waals surface area (Å²) in [4.78, 5) is 25.7. The van der Waals surface area contributed by atoms with Gasteiger partial charge in [0.25, 0.3) is 0 Å². The summed E-state index contributed by atoms with van der Waals surface area (Å²) in [5.74, 6) is -1.65. The van der Waals surface area contributed by atoms with Crippen LogP contribution < -0.4 is 24.3 Å². The van der Waals surface area contributed by atoms with Crippen molar-refractivity contribution in [2.24, 2.45) is 0 Å². The number of nitrogens with zero attached hydrogens (tertiary/aromatic N) is 1. The number of ether oxygens (including phenoxy) is 4. The summed E-state index contributed by atoms with van der Waals surface area (Å²) < 4.78 is 22.1. The van der Waals surface area contributed by atoms with E-state index in [1.165, 1.54) is 20.1 Å². The van der Waals surface area contributed by atoms with Crippen LogP contribution in [0.3, 0.4) is 0 Å². The zero-order chi connectivity index (χ0) is 27.1. The first-order valence-electron chi connectivity index (χ1n) is 11.5. The van der Waals surface area contributed by atoms with Gasteiger partial charge >= 0.3 is 17.6 Å². The van der Waals surface area contributed by atoms with Gasteiger partial charge in [0.05, 0.1) is 27.2 Å². The molecule has 0 aliphatic rings. The molecule has 0 aliphatic carbocycles. The number of methoxy groups -OCH3 is 3. The monoisotopic (exact) mass is 510 g/mol. The van der Waals surface area contributed by atoms with Crippen molar-refractivity contribution in [1.29, 1.82) is 0 Å². The minimum Gasteiger partial charge on any atom is -0.618 e. The second-order valence-electron chi connectivity index (χ2n) is 8.21. The van der Waals surface area contributed by atoms with Gasteiger partial charge in [0, 0.05) is 17.2 Å². The molecule has 3 rings (SSSR count). The lowest BCUT2D eigenvalue weighted by Crippen LogP contribution is -2.46. The first kappa shape index (κ1) is 27.1. The van der Waals surface area contributed by atoms with Gasteiger partial charge in [0.1, 0.15) is 23.6 Å². The third-order valence-electron chi connectivity index (χ3n) is 5.89. The molecule has 1 aromatic heterocycles. The zero-order valence-corrected chi connectivity index (χ0v) is 21.3. The van der Waals surface area contributed by atoms with Crippen LogP contribution in [0.1, 0.15) is 41.4 Å². The van der Waals surface area contributed by atoms with E-state index in [0.717, 1.165) is 17.3 Å². The number of hydrogen-bond donors (Lipinski definition) is 2. The number of pyridine rings is 1. The molecule has 3 aromatic rings. The maximum absolute atomic E-state index is 13.0. The zero-order valence-electron chi connectivity index (χ0n) is 21.3. The fraction of sp³-hybridized carbons (Fsp3) is 0.296. The molecule has 2 atom stereocenters. The van der Waals surface area contributed by atoms with Crippen molar-refractivity contribution in [3.8, 4) is 23.0 Å². The molecule has 0 fully saturated rings. The van der Waals surface area contributed by atoms with E-state index < -0.39 is 41.4 Å². The molecule has 0 saturated heterocycles. The predicted octanol–water partition coefficient (Wildman–Crippen LogP) is 2.93. The van der Waals surface area contributed by atoms with Crippen molar-refractivity contribution in [3.05, 3.63) is 82.8 Å². The topological polar surface area (TPSA) is 130 Å². The van der Waals surface area contributed by atoms with Crippen molar-refractivity contribution < 1.29 is 38.4 Å². The molecule has 37 heavy (non-hydrogen) atoms. The second-order valence-corrected chi connectivity index (χ2v) is 8.21. The number of aromatic hydroxyl groups is 1. The first-order chi connectivity index (χ1) is 17.7. The maximum Gasteiger partial charge on any atom is 0.328 e. The molecule has 1 heterocycles. The molecule has 2 N–H and O–H groups in total. The van der Waals surface area contributed by atoms with Crippen LogP contribution in [-0.4, -0.2) is 50.5 Å². The number of carbonyl (C=O) groups excluding carboxylic acids is 2. The smallest absolute Gasteiger partial charge is 0.328 e. The van der Waals surface area contributed by atoms with Gasteiger partial charge in [-0.05, 0) is 26.0 Å². The molecule has 0 saturated carbocycles. The highest BCUT2D eigenvalue weighted by Crippen LogP contribution is 2.39. The summed E-state index contributed by atoms with van der Waals surface area (Å²) in [5, 5.41) is 24.7. The molecule has 196 valence electrons. The number of carbonyl (C=O) groups is 2. The summed E-state index contributed by atoms with van der Waals surface area (Å²) >= 11 is 0. The molecular formula is C27H30N2O8. The minimum absolute atomic E-state index is 0.0578. The molecule has 0 aliphatic heterocycles. The van der Waals surface area contributed by atoms with Gasteiger partial charge in [0.15, 0.2) is 11.9 Å². The van der Waals surface area contributed by atoms with Crippen LogP contribution in [0, 0.1) is 5.21 Å². The van der Waals surface area contributed by atoms with Crippen molar-refractivity contribution >= 4 is 11.9 Å². The summed E-state index contributed by atoms with van der Waals surface area (Å²) in [6.45, 7) is 3.15. The van der Waals surface area contributed by atoms with Crippen LogP contribution in [0.5, 0.6) is 23.0 Å². The van der Waals surface area contributed by atoms with Crippen LogP contribution in [-0.2, 0) is 9.53 Å². The fourth-order valence-electron chi connectivity index (χ4n) is 4.08. The number of rotatable bonds is 10. The van der Waals surface area contributed by atoms with Crippen LogP contribution in [0.2, 0.25) is 0 Å². The van der Waals surface area contributed by atoms with E-state index in [2.05, 4.69) is 5.32 Å². The van der Waals surface area contributed by atoms with Crippen LogP contribution in [0.25, 0.3) is 0 Å². The molecule has 2 aromatic carbocycles. The number of esters is 1. The molecule has 0 spiro atoms. The van der Waals surface area contributed by atoms with Gasteiger partial charge in [-0.1, -0.05) is 36.4 Å². The molecule has 0 bridgehead atoms. The summed E-state index contributed by atoms with van der Waals surface area (Å²) in [5.41, 5.74) is 0.952. The lowest BCUT2D eigenvalue weighted by Gasteiger charge is -2.28. The molecular weight excluding hydrogens is 480 g/mol. The van der Waals surface area contributed by atoms with Crippen molar-refractivity contribution in [3.63, 3.8) is 0 Å². The van der Waals surface area contributed by atoms with Crippen LogP contribution in [0.15, 0.2) is 60.8 Å². The standard InChI is InChI=1S/C27H30N2O8/c1-16(28-26(31)24-25(30)22(36-5)14-15-29(24)33)27(32)37-17(2)23(18-10-6-8-12-20(18)34-3)19-11-7-9-13-21(19)35-4/h6-17,23,30H,1-5H3,(H,28,31)/t16-,17-/m0/s1. The Morgan fingerprint density at radius 1 is 0.865 bits per heavy atom. The van der Waals surface area contributed by atoms with Crippen LogP contribution >= 0.6 is 0 Å². The predicted molar refractivity (Wildman–Crippen MR) is 134 cm³/mol. The quantitative estimate of drug-likeness (QED) is 0.242. The average Bonchev–Trinajstić information content (AvgIpc) is 2.89. The Kier molecular flexibility index (Phi) is 8.78. The molecule has 10 heteroatoms. The van der Waals surface area contributed by atoms with Crippen molar-refractivity contribution in [2.75, 3.05) is 21.3 Å². The van der Waals surface area contributed by atoms with Gasteiger partial charge in [0.2, 0.25) is 5.75 Å². The van der Waals surface area contributed by atoms with E-state index in [0.29, 0.717) is 11.5 Å². The van der Waals surface area contributed by atoms with E-state index in [4.69, 9.17) is 18.9 Å². The molecule has 1 amide bonds. The van der Waals surface area contributed by atoms with Gasteiger partial charge in [-0.3, -0.25) is 4.79 Å². The molecule has 0 unspecified atom stereocenters. The van der Waals surface area contributed by atoms with Crippen molar-refractivity contribution in [2.45, 2.75) is 31.9 Å². The van der Waals surface area contributed by atoms with E-state index in [1.807, 2.05) is 48.5 Å². The highest BCUT2D eigenvalue weighted by molar-refractivity contribution is 5.96. The van der Waals surface area contributed by atoms with Gasteiger partial charge in [-0.15, -0.1) is 0 Å². The number of para-hydroxylation sites is 2.